The number of imide groups is 1. The third-order valence-electron chi connectivity index (χ3n) is 4.11. The molecule has 0 unspecified atom stereocenters. The van der Waals surface area contributed by atoms with Crippen molar-refractivity contribution in [3.8, 4) is 5.75 Å². The Morgan fingerprint density at radius 1 is 1.19 bits per heavy atom. The number of rotatable bonds is 7. The van der Waals surface area contributed by atoms with Gasteiger partial charge >= 0.3 is 0 Å². The summed E-state index contributed by atoms with van der Waals surface area (Å²) >= 11 is 4.00. The van der Waals surface area contributed by atoms with Gasteiger partial charge in [0.15, 0.2) is 0 Å². The molecule has 160 valence electrons. The summed E-state index contributed by atoms with van der Waals surface area (Å²) in [6, 6.07) is 11.9. The molecule has 0 bridgehead atoms. The van der Waals surface area contributed by atoms with Crippen LogP contribution in [0.5, 0.6) is 5.75 Å². The Morgan fingerprint density at radius 3 is 2.55 bits per heavy atom. The van der Waals surface area contributed by atoms with E-state index in [9.17, 15) is 24.3 Å². The number of carbonyl (C=O) groups is 4. The number of benzene rings is 2. The van der Waals surface area contributed by atoms with Gasteiger partial charge in [-0.2, -0.15) is 0 Å². The van der Waals surface area contributed by atoms with Gasteiger partial charge in [0.25, 0.3) is 11.1 Å². The van der Waals surface area contributed by atoms with Gasteiger partial charge in [-0.25, -0.2) is 0 Å². The molecule has 2 aromatic rings. The van der Waals surface area contributed by atoms with E-state index in [1.54, 1.807) is 24.3 Å². The monoisotopic (exact) mass is 503 g/mol. The number of hydrogen-bond acceptors (Lipinski definition) is 7. The van der Waals surface area contributed by atoms with Crippen LogP contribution in [0.3, 0.4) is 0 Å². The van der Waals surface area contributed by atoms with Crippen LogP contribution >= 0.6 is 27.7 Å². The van der Waals surface area contributed by atoms with Crippen molar-refractivity contribution in [2.24, 2.45) is 0 Å². The van der Waals surface area contributed by atoms with E-state index < -0.39 is 36.2 Å². The molecular weight excluding hydrogens is 488 g/mol. The lowest BCUT2D eigenvalue weighted by Crippen LogP contribution is -2.36. The number of nitrogens with zero attached hydrogens (tertiary/aromatic N) is 1. The van der Waals surface area contributed by atoms with Crippen LogP contribution in [-0.2, 0) is 14.4 Å². The van der Waals surface area contributed by atoms with Gasteiger partial charge in [-0.15, -0.1) is 0 Å². The smallest absolute Gasteiger partial charge is 0.294 e. The van der Waals surface area contributed by atoms with E-state index in [2.05, 4.69) is 21.2 Å². The van der Waals surface area contributed by atoms with Gasteiger partial charge in [-0.1, -0.05) is 23.8 Å². The standard InChI is InChI=1S/C21H17BrN2O6S/c1-12-2-5-14(6-3-12)23-18(25)10-24-20(28)17(31-21(24)29)9-13-4-7-16(15(22)8-13)30-11-19(26)27/h2-9H,10-11H2,1H3,(H,23,25)(H,26,27)/p-1/b17-9-. The molecule has 0 radical (unpaired) electrons. The minimum atomic E-state index is -1.35. The van der Waals surface area contributed by atoms with Crippen molar-refractivity contribution in [3.05, 3.63) is 63.0 Å². The molecule has 31 heavy (non-hydrogen) atoms. The van der Waals surface area contributed by atoms with Crippen molar-refractivity contribution in [2.45, 2.75) is 6.92 Å². The molecule has 0 aliphatic carbocycles. The number of anilines is 1. The average Bonchev–Trinajstić information content (AvgIpc) is 2.96. The summed E-state index contributed by atoms with van der Waals surface area (Å²) in [6.45, 7) is 0.933. The molecule has 1 heterocycles. The molecule has 3 rings (SSSR count). The van der Waals surface area contributed by atoms with Crippen molar-refractivity contribution in [3.63, 3.8) is 0 Å². The number of carboxylic acid groups (broad SMARTS) is 1. The number of ether oxygens (including phenoxy) is 1. The highest BCUT2D eigenvalue weighted by Crippen LogP contribution is 2.33. The summed E-state index contributed by atoms with van der Waals surface area (Å²) < 4.78 is 5.54. The lowest BCUT2D eigenvalue weighted by molar-refractivity contribution is -0.307. The van der Waals surface area contributed by atoms with Crippen LogP contribution in [0.25, 0.3) is 6.08 Å². The van der Waals surface area contributed by atoms with Crippen LogP contribution in [0, 0.1) is 6.92 Å². The second-order valence-corrected chi connectivity index (χ2v) is 8.38. The minimum Gasteiger partial charge on any atom is -0.546 e. The summed E-state index contributed by atoms with van der Waals surface area (Å²) in [7, 11) is 0. The van der Waals surface area contributed by atoms with E-state index in [1.807, 2.05) is 19.1 Å². The Labute approximate surface area is 190 Å². The maximum absolute atomic E-state index is 12.6. The Hall–Kier alpha value is -3.11. The Bertz CT molecular complexity index is 1080. The number of hydrogen-bond donors (Lipinski definition) is 1. The molecule has 3 amide bonds. The fourth-order valence-electron chi connectivity index (χ4n) is 2.63. The number of aryl methyl sites for hydroxylation is 1. The fourth-order valence-corrected chi connectivity index (χ4v) is 3.98. The number of thioether (sulfide) groups is 1. The summed E-state index contributed by atoms with van der Waals surface area (Å²) in [5, 5.41) is 12.6. The van der Waals surface area contributed by atoms with E-state index in [0.29, 0.717) is 21.5 Å². The van der Waals surface area contributed by atoms with Crippen LogP contribution in [0.2, 0.25) is 0 Å². The predicted molar refractivity (Wildman–Crippen MR) is 117 cm³/mol. The first-order chi connectivity index (χ1) is 14.7. The number of aliphatic carboxylic acids is 1. The van der Waals surface area contributed by atoms with Crippen molar-refractivity contribution in [1.82, 2.24) is 4.90 Å². The Kier molecular flexibility index (Phi) is 7.13. The van der Waals surface area contributed by atoms with Gasteiger partial charge in [-0.3, -0.25) is 19.3 Å². The van der Waals surface area contributed by atoms with Crippen molar-refractivity contribution >= 4 is 62.5 Å². The molecule has 2 aromatic carbocycles. The minimum absolute atomic E-state index is 0.170. The normalized spacial score (nSPS) is 14.8. The molecule has 1 saturated heterocycles. The molecule has 0 atom stereocenters. The number of carbonyl (C=O) groups excluding carboxylic acids is 4. The number of carboxylic acids is 1. The van der Waals surface area contributed by atoms with Gasteiger partial charge in [0.2, 0.25) is 5.91 Å². The Morgan fingerprint density at radius 2 is 1.90 bits per heavy atom. The summed E-state index contributed by atoms with van der Waals surface area (Å²) in [5.74, 6) is -2.11. The zero-order valence-electron chi connectivity index (χ0n) is 16.2. The van der Waals surface area contributed by atoms with Gasteiger partial charge in [-0.05, 0) is 70.5 Å². The second-order valence-electron chi connectivity index (χ2n) is 6.53. The number of halogens is 1. The average molecular weight is 504 g/mol. The lowest BCUT2D eigenvalue weighted by atomic mass is 10.2. The summed E-state index contributed by atoms with van der Waals surface area (Å²) in [6.07, 6.45) is 1.51. The third-order valence-corrected chi connectivity index (χ3v) is 5.64. The molecular formula is C21H16BrN2O6S-. The van der Waals surface area contributed by atoms with E-state index in [4.69, 9.17) is 4.74 Å². The van der Waals surface area contributed by atoms with Crippen LogP contribution in [0.4, 0.5) is 10.5 Å². The molecule has 1 aliphatic heterocycles. The first kappa shape index (κ1) is 22.6. The van der Waals surface area contributed by atoms with Gasteiger partial charge < -0.3 is 20.0 Å². The maximum Gasteiger partial charge on any atom is 0.294 e. The van der Waals surface area contributed by atoms with E-state index in [0.717, 1.165) is 22.2 Å². The van der Waals surface area contributed by atoms with Crippen LogP contribution in [0.15, 0.2) is 51.8 Å². The molecule has 0 saturated carbocycles. The van der Waals surface area contributed by atoms with Gasteiger partial charge in [0, 0.05) is 5.69 Å². The highest BCUT2D eigenvalue weighted by Gasteiger charge is 2.36. The topological polar surface area (TPSA) is 116 Å². The molecule has 1 N–H and O–H groups in total. The third kappa shape index (κ3) is 5.96. The van der Waals surface area contributed by atoms with Gasteiger partial charge in [0.05, 0.1) is 15.3 Å². The maximum atomic E-state index is 12.6. The number of amides is 3. The van der Waals surface area contributed by atoms with Crippen LogP contribution < -0.4 is 15.2 Å². The molecule has 0 aromatic heterocycles. The largest absolute Gasteiger partial charge is 0.546 e. The zero-order valence-corrected chi connectivity index (χ0v) is 18.6. The second kappa shape index (κ2) is 9.80. The van der Waals surface area contributed by atoms with Crippen LogP contribution in [-0.4, -0.2) is 41.1 Å². The van der Waals surface area contributed by atoms with E-state index >= 15 is 0 Å². The lowest BCUT2D eigenvalue weighted by Gasteiger charge is -2.12. The van der Waals surface area contributed by atoms with Crippen molar-refractivity contribution < 1.29 is 29.0 Å². The molecule has 10 heteroatoms. The van der Waals surface area contributed by atoms with Crippen molar-refractivity contribution in [2.75, 3.05) is 18.5 Å². The molecule has 1 fully saturated rings. The molecule has 8 nitrogen and oxygen atoms in total. The van der Waals surface area contributed by atoms with Crippen LogP contribution in [0.1, 0.15) is 11.1 Å². The fraction of sp³-hybridized carbons (Fsp3) is 0.143. The first-order valence-corrected chi connectivity index (χ1v) is 10.6. The van der Waals surface area contributed by atoms with Gasteiger partial charge in [0.1, 0.15) is 18.9 Å². The Balaban J connectivity index is 1.67. The first-order valence-electron chi connectivity index (χ1n) is 8.97. The van der Waals surface area contributed by atoms with E-state index in [1.165, 1.54) is 12.1 Å². The molecule has 1 aliphatic rings. The zero-order chi connectivity index (χ0) is 22.5. The summed E-state index contributed by atoms with van der Waals surface area (Å²) in [4.78, 5) is 48.7. The highest BCUT2D eigenvalue weighted by atomic mass is 79.9. The quantitative estimate of drug-likeness (QED) is 0.577. The summed E-state index contributed by atoms with van der Waals surface area (Å²) in [5.41, 5.74) is 2.20. The number of nitrogens with one attached hydrogen (secondary N) is 1. The molecule has 0 spiro atoms. The van der Waals surface area contributed by atoms with E-state index in [-0.39, 0.29) is 4.91 Å². The predicted octanol–water partition coefficient (Wildman–Crippen LogP) is 2.56. The SMILES string of the molecule is Cc1ccc(NC(=O)CN2C(=O)S/C(=C\c3ccc(OCC(=O)[O-])c(Br)c3)C2=O)cc1. The van der Waals surface area contributed by atoms with Crippen molar-refractivity contribution in [1.29, 1.82) is 0 Å². The highest BCUT2D eigenvalue weighted by molar-refractivity contribution is 9.10.